The number of amides is 2. The van der Waals surface area contributed by atoms with E-state index in [1.54, 1.807) is 4.90 Å². The summed E-state index contributed by atoms with van der Waals surface area (Å²) in [6.07, 6.45) is 1.56. The molecule has 0 bridgehead atoms. The smallest absolute Gasteiger partial charge is 0.252 e. The fraction of sp³-hybridized carbons (Fsp3) is 0.500. The van der Waals surface area contributed by atoms with Crippen molar-refractivity contribution in [2.75, 3.05) is 11.4 Å². The lowest BCUT2D eigenvalue weighted by Crippen LogP contribution is -2.56. The summed E-state index contributed by atoms with van der Waals surface area (Å²) in [5.41, 5.74) is 1.22. The van der Waals surface area contributed by atoms with E-state index in [-0.39, 0.29) is 11.8 Å². The third kappa shape index (κ3) is 2.55. The molecule has 1 N–H and O–H groups in total. The summed E-state index contributed by atoms with van der Waals surface area (Å²) in [7, 11) is 0. The van der Waals surface area contributed by atoms with Crippen molar-refractivity contribution < 1.29 is 9.59 Å². The number of carbonyl (C=O) groups excluding carboxylic acids is 2. The van der Waals surface area contributed by atoms with Gasteiger partial charge in [-0.1, -0.05) is 26.0 Å². The van der Waals surface area contributed by atoms with E-state index in [9.17, 15) is 9.59 Å². The van der Waals surface area contributed by atoms with Crippen molar-refractivity contribution in [3.63, 3.8) is 0 Å². The standard InChI is InChI=1S/C16H22N2O2/c1-4-16(5-2)15(20)18(10-9-14(19)17-16)13-8-6-7-12(3)11-13/h6-8,11H,4-5,9-10H2,1-3H3,(H,17,19). The summed E-state index contributed by atoms with van der Waals surface area (Å²) in [6.45, 7) is 6.33. The third-order valence-corrected chi connectivity index (χ3v) is 4.12. The molecule has 1 aliphatic rings. The van der Waals surface area contributed by atoms with Gasteiger partial charge >= 0.3 is 0 Å². The Bertz CT molecular complexity index is 521. The van der Waals surface area contributed by atoms with Gasteiger partial charge in [0.2, 0.25) is 5.91 Å². The van der Waals surface area contributed by atoms with Crippen LogP contribution in [0.4, 0.5) is 5.69 Å². The second kappa shape index (κ2) is 5.65. The predicted octanol–water partition coefficient (Wildman–Crippen LogP) is 2.41. The van der Waals surface area contributed by atoms with Gasteiger partial charge in [0.05, 0.1) is 0 Å². The Balaban J connectivity index is 2.42. The molecule has 0 aromatic heterocycles. The number of anilines is 1. The molecule has 0 unspecified atom stereocenters. The lowest BCUT2D eigenvalue weighted by Gasteiger charge is -2.33. The molecule has 0 spiro atoms. The maximum absolute atomic E-state index is 12.9. The number of carbonyl (C=O) groups is 2. The molecule has 1 aromatic rings. The van der Waals surface area contributed by atoms with Crippen LogP contribution in [0.3, 0.4) is 0 Å². The normalized spacial score (nSPS) is 18.6. The minimum atomic E-state index is -0.767. The number of nitrogens with one attached hydrogen (secondary N) is 1. The number of rotatable bonds is 3. The van der Waals surface area contributed by atoms with Gasteiger partial charge in [0, 0.05) is 18.7 Å². The van der Waals surface area contributed by atoms with Gasteiger partial charge in [-0.15, -0.1) is 0 Å². The Morgan fingerprint density at radius 3 is 2.55 bits per heavy atom. The van der Waals surface area contributed by atoms with Crippen LogP contribution in [0.1, 0.15) is 38.7 Å². The molecule has 0 aliphatic carbocycles. The van der Waals surface area contributed by atoms with Crippen LogP contribution in [0.5, 0.6) is 0 Å². The summed E-state index contributed by atoms with van der Waals surface area (Å²) in [4.78, 5) is 26.6. The molecule has 2 amide bonds. The molecule has 0 saturated carbocycles. The minimum Gasteiger partial charge on any atom is -0.342 e. The van der Waals surface area contributed by atoms with Crippen molar-refractivity contribution in [2.24, 2.45) is 0 Å². The first kappa shape index (κ1) is 14.6. The monoisotopic (exact) mass is 274 g/mol. The average Bonchev–Trinajstić information content (AvgIpc) is 2.56. The van der Waals surface area contributed by atoms with Gasteiger partial charge in [-0.25, -0.2) is 0 Å². The first-order chi connectivity index (χ1) is 9.52. The minimum absolute atomic E-state index is 0.000972. The van der Waals surface area contributed by atoms with Crippen LogP contribution in [0.15, 0.2) is 24.3 Å². The lowest BCUT2D eigenvalue weighted by atomic mass is 9.91. The zero-order valence-electron chi connectivity index (χ0n) is 12.4. The van der Waals surface area contributed by atoms with Crippen molar-refractivity contribution in [3.05, 3.63) is 29.8 Å². The van der Waals surface area contributed by atoms with E-state index in [1.807, 2.05) is 45.0 Å². The van der Waals surface area contributed by atoms with Gasteiger partial charge in [-0.05, 0) is 37.5 Å². The van der Waals surface area contributed by atoms with Crippen molar-refractivity contribution in [1.29, 1.82) is 0 Å². The van der Waals surface area contributed by atoms with Gasteiger partial charge in [0.15, 0.2) is 0 Å². The maximum atomic E-state index is 12.9. The van der Waals surface area contributed by atoms with E-state index in [0.717, 1.165) is 11.3 Å². The molecule has 1 aliphatic heterocycles. The molecule has 1 aromatic carbocycles. The highest BCUT2D eigenvalue weighted by Crippen LogP contribution is 2.26. The first-order valence-electron chi connectivity index (χ1n) is 7.22. The molecule has 1 heterocycles. The number of aryl methyl sites for hydroxylation is 1. The molecular weight excluding hydrogens is 252 g/mol. The zero-order chi connectivity index (χ0) is 14.8. The topological polar surface area (TPSA) is 49.4 Å². The van der Waals surface area contributed by atoms with Gasteiger partial charge in [-0.2, -0.15) is 0 Å². The molecule has 1 saturated heterocycles. The second-order valence-electron chi connectivity index (χ2n) is 5.38. The third-order valence-electron chi connectivity index (χ3n) is 4.12. The molecular formula is C16H22N2O2. The molecule has 2 rings (SSSR count). The summed E-state index contributed by atoms with van der Waals surface area (Å²) < 4.78 is 0. The van der Waals surface area contributed by atoms with Crippen LogP contribution in [0.25, 0.3) is 0 Å². The molecule has 0 atom stereocenters. The van der Waals surface area contributed by atoms with E-state index >= 15 is 0 Å². The van der Waals surface area contributed by atoms with Crippen LogP contribution in [0, 0.1) is 6.92 Å². The van der Waals surface area contributed by atoms with Crippen molar-refractivity contribution in [3.8, 4) is 0 Å². The summed E-state index contributed by atoms with van der Waals surface area (Å²) >= 11 is 0. The van der Waals surface area contributed by atoms with Crippen LogP contribution in [0.2, 0.25) is 0 Å². The Kier molecular flexibility index (Phi) is 4.12. The number of hydrogen-bond acceptors (Lipinski definition) is 2. The highest BCUT2D eigenvalue weighted by atomic mass is 16.2. The van der Waals surface area contributed by atoms with Crippen LogP contribution < -0.4 is 10.2 Å². The van der Waals surface area contributed by atoms with Crippen LogP contribution in [-0.2, 0) is 9.59 Å². The quantitative estimate of drug-likeness (QED) is 0.920. The summed E-state index contributed by atoms with van der Waals surface area (Å²) in [6, 6.07) is 7.86. The highest BCUT2D eigenvalue weighted by molar-refractivity contribution is 6.04. The van der Waals surface area contributed by atoms with Crippen LogP contribution >= 0.6 is 0 Å². The summed E-state index contributed by atoms with van der Waals surface area (Å²) in [5, 5.41) is 2.93. The zero-order valence-corrected chi connectivity index (χ0v) is 12.4. The Hall–Kier alpha value is -1.84. The van der Waals surface area contributed by atoms with Crippen molar-refractivity contribution >= 4 is 17.5 Å². The van der Waals surface area contributed by atoms with Gasteiger partial charge in [0.1, 0.15) is 5.54 Å². The van der Waals surface area contributed by atoms with Gasteiger partial charge in [-0.3, -0.25) is 9.59 Å². The lowest BCUT2D eigenvalue weighted by molar-refractivity contribution is -0.130. The number of hydrogen-bond donors (Lipinski definition) is 1. The molecule has 108 valence electrons. The molecule has 4 heteroatoms. The van der Waals surface area contributed by atoms with E-state index < -0.39 is 5.54 Å². The molecule has 4 nitrogen and oxygen atoms in total. The Labute approximate surface area is 120 Å². The van der Waals surface area contributed by atoms with E-state index in [0.29, 0.717) is 25.8 Å². The van der Waals surface area contributed by atoms with E-state index in [4.69, 9.17) is 0 Å². The first-order valence-corrected chi connectivity index (χ1v) is 7.22. The van der Waals surface area contributed by atoms with Gasteiger partial charge in [0.25, 0.3) is 5.91 Å². The largest absolute Gasteiger partial charge is 0.342 e. The second-order valence-corrected chi connectivity index (χ2v) is 5.38. The Morgan fingerprint density at radius 2 is 1.95 bits per heavy atom. The van der Waals surface area contributed by atoms with Crippen molar-refractivity contribution in [1.82, 2.24) is 5.32 Å². The SMILES string of the molecule is CCC1(CC)NC(=O)CCN(c2cccc(C)c2)C1=O. The van der Waals surface area contributed by atoms with E-state index in [2.05, 4.69) is 5.32 Å². The molecule has 20 heavy (non-hydrogen) atoms. The van der Waals surface area contributed by atoms with Crippen LogP contribution in [-0.4, -0.2) is 23.9 Å². The van der Waals surface area contributed by atoms with E-state index in [1.165, 1.54) is 0 Å². The maximum Gasteiger partial charge on any atom is 0.252 e. The number of nitrogens with zero attached hydrogens (tertiary/aromatic N) is 1. The fourth-order valence-corrected chi connectivity index (χ4v) is 2.73. The fourth-order valence-electron chi connectivity index (χ4n) is 2.73. The van der Waals surface area contributed by atoms with Crippen molar-refractivity contribution in [2.45, 2.75) is 45.6 Å². The van der Waals surface area contributed by atoms with Gasteiger partial charge < -0.3 is 10.2 Å². The highest BCUT2D eigenvalue weighted by Gasteiger charge is 2.42. The number of benzene rings is 1. The molecule has 0 radical (unpaired) electrons. The molecule has 1 fully saturated rings. The summed E-state index contributed by atoms with van der Waals surface area (Å²) in [5.74, 6) is -0.0452. The predicted molar refractivity (Wildman–Crippen MR) is 79.6 cm³/mol. The Morgan fingerprint density at radius 1 is 1.25 bits per heavy atom. The average molecular weight is 274 g/mol.